The van der Waals surface area contributed by atoms with Crippen molar-refractivity contribution < 1.29 is 9.53 Å². The minimum atomic E-state index is 0.165. The van der Waals surface area contributed by atoms with Crippen molar-refractivity contribution in [1.82, 2.24) is 4.90 Å². The van der Waals surface area contributed by atoms with Crippen LogP contribution in [0, 0.1) is 28.6 Å². The van der Waals surface area contributed by atoms with Crippen LogP contribution in [0.2, 0.25) is 0 Å². The quantitative estimate of drug-likeness (QED) is 0.696. The Labute approximate surface area is 169 Å². The predicted molar refractivity (Wildman–Crippen MR) is 111 cm³/mol. The van der Waals surface area contributed by atoms with Gasteiger partial charge in [-0.25, -0.2) is 0 Å². The van der Waals surface area contributed by atoms with Crippen LogP contribution >= 0.6 is 11.8 Å². The summed E-state index contributed by atoms with van der Waals surface area (Å²) in [6.07, 6.45) is 14.8. The number of hydrogen-bond donors (Lipinski definition) is 0. The molecular weight excluding hydrogens is 354 g/mol. The number of fused-ring (bicyclic) bond motifs is 5. The lowest BCUT2D eigenvalue weighted by molar-refractivity contribution is -0.161. The highest BCUT2D eigenvalue weighted by Crippen LogP contribution is 2.65. The average Bonchev–Trinajstić information content (AvgIpc) is 3.40. The summed E-state index contributed by atoms with van der Waals surface area (Å²) in [7, 11) is 2.08. The zero-order valence-corrected chi connectivity index (χ0v) is 18.4. The molecule has 4 heteroatoms. The molecule has 1 amide bonds. The van der Waals surface area contributed by atoms with Gasteiger partial charge in [0.15, 0.2) is 0 Å². The maximum absolute atomic E-state index is 12.8. The molecule has 0 aromatic heterocycles. The first-order valence-electron chi connectivity index (χ1n) is 11.3. The number of hydrogen-bond acceptors (Lipinski definition) is 3. The maximum atomic E-state index is 12.8. The summed E-state index contributed by atoms with van der Waals surface area (Å²) >= 11 is 1.77. The van der Waals surface area contributed by atoms with Gasteiger partial charge in [-0.2, -0.15) is 11.8 Å². The van der Waals surface area contributed by atoms with E-state index in [4.69, 9.17) is 4.74 Å². The van der Waals surface area contributed by atoms with Crippen molar-refractivity contribution in [3.05, 3.63) is 0 Å². The molecule has 0 aromatic rings. The van der Waals surface area contributed by atoms with Crippen molar-refractivity contribution in [3.63, 3.8) is 0 Å². The molecule has 1 aliphatic heterocycles. The van der Waals surface area contributed by atoms with E-state index in [9.17, 15) is 4.79 Å². The fourth-order valence-electron chi connectivity index (χ4n) is 8.02. The third-order valence-electron chi connectivity index (χ3n) is 9.61. The molecule has 0 radical (unpaired) electrons. The molecule has 1 heterocycles. The second-order valence-corrected chi connectivity index (χ2v) is 11.8. The molecular formula is C23H37NO2S. The molecule has 0 N–H and O–H groups in total. The van der Waals surface area contributed by atoms with Crippen molar-refractivity contribution in [2.75, 3.05) is 13.3 Å². The van der Waals surface area contributed by atoms with Crippen molar-refractivity contribution in [2.24, 2.45) is 28.6 Å². The van der Waals surface area contributed by atoms with Gasteiger partial charge in [0.25, 0.3) is 0 Å². The Morgan fingerprint density at radius 3 is 2.44 bits per heavy atom. The van der Waals surface area contributed by atoms with Crippen molar-refractivity contribution in [1.29, 1.82) is 0 Å². The van der Waals surface area contributed by atoms with Gasteiger partial charge < -0.3 is 9.64 Å². The zero-order valence-electron chi connectivity index (χ0n) is 17.6. The molecule has 5 aliphatic rings. The van der Waals surface area contributed by atoms with E-state index < -0.39 is 0 Å². The summed E-state index contributed by atoms with van der Waals surface area (Å²) in [5.41, 5.74) is 0.707. The minimum absolute atomic E-state index is 0.165. The SMILES string of the molecule is CS[C@@H]1C[C@]2(C)[C@H]3CC[C@]4(C)[C@@H](OC5CC5)CC[C@H]4[C@@H]3CC[C@H]2N(C)C1=O. The van der Waals surface area contributed by atoms with Crippen LogP contribution in [0.15, 0.2) is 0 Å². The van der Waals surface area contributed by atoms with Gasteiger partial charge in [0.2, 0.25) is 5.91 Å². The molecule has 4 saturated carbocycles. The van der Waals surface area contributed by atoms with Crippen LogP contribution in [0.4, 0.5) is 0 Å². The molecule has 0 spiro atoms. The average molecular weight is 392 g/mol. The Hall–Kier alpha value is -0.220. The number of likely N-dealkylation sites (tertiary alicyclic amines) is 1. The highest BCUT2D eigenvalue weighted by atomic mass is 32.2. The predicted octanol–water partition coefficient (Wildman–Crippen LogP) is 4.74. The van der Waals surface area contributed by atoms with E-state index in [2.05, 4.69) is 32.1 Å². The first-order chi connectivity index (χ1) is 12.9. The molecule has 3 nitrogen and oxygen atoms in total. The van der Waals surface area contributed by atoms with Gasteiger partial charge in [-0.05, 0) is 92.6 Å². The van der Waals surface area contributed by atoms with E-state index in [1.165, 1.54) is 51.4 Å². The topological polar surface area (TPSA) is 29.5 Å². The van der Waals surface area contributed by atoms with Gasteiger partial charge in [-0.3, -0.25) is 4.79 Å². The van der Waals surface area contributed by atoms with Crippen LogP contribution in [0.5, 0.6) is 0 Å². The fourth-order valence-corrected chi connectivity index (χ4v) is 8.92. The maximum Gasteiger partial charge on any atom is 0.235 e. The summed E-state index contributed by atoms with van der Waals surface area (Å²) in [5, 5.41) is 0.165. The molecule has 0 bridgehead atoms. The van der Waals surface area contributed by atoms with E-state index >= 15 is 0 Å². The number of nitrogens with zero attached hydrogens (tertiary/aromatic N) is 1. The number of thioether (sulfide) groups is 1. The zero-order chi connectivity index (χ0) is 19.0. The molecule has 1 saturated heterocycles. The fraction of sp³-hybridized carbons (Fsp3) is 0.957. The first-order valence-corrected chi connectivity index (χ1v) is 12.6. The summed E-state index contributed by atoms with van der Waals surface area (Å²) in [5.74, 6) is 2.86. The number of ether oxygens (including phenoxy) is 1. The number of carbonyl (C=O) groups excluding carboxylic acids is 1. The molecule has 0 aromatic carbocycles. The van der Waals surface area contributed by atoms with E-state index in [1.807, 2.05) is 0 Å². The Morgan fingerprint density at radius 2 is 1.74 bits per heavy atom. The lowest BCUT2D eigenvalue weighted by atomic mass is 9.47. The van der Waals surface area contributed by atoms with Crippen molar-refractivity contribution in [2.45, 2.75) is 95.1 Å². The normalized spacial score (nSPS) is 52.3. The molecule has 8 atom stereocenters. The molecule has 5 fully saturated rings. The van der Waals surface area contributed by atoms with Crippen LogP contribution in [-0.2, 0) is 9.53 Å². The molecule has 5 rings (SSSR count). The summed E-state index contributed by atoms with van der Waals surface area (Å²) in [4.78, 5) is 14.9. The van der Waals surface area contributed by atoms with Gasteiger partial charge >= 0.3 is 0 Å². The van der Waals surface area contributed by atoms with Crippen LogP contribution < -0.4 is 0 Å². The largest absolute Gasteiger partial charge is 0.374 e. The molecule has 27 heavy (non-hydrogen) atoms. The number of amides is 1. The van der Waals surface area contributed by atoms with Gasteiger partial charge in [0.1, 0.15) is 0 Å². The lowest BCUT2D eigenvalue weighted by Gasteiger charge is -2.62. The van der Waals surface area contributed by atoms with Crippen LogP contribution in [0.1, 0.15) is 71.6 Å². The van der Waals surface area contributed by atoms with Gasteiger partial charge in [-0.15, -0.1) is 0 Å². The second kappa shape index (κ2) is 6.39. The lowest BCUT2D eigenvalue weighted by Crippen LogP contribution is -2.64. The molecule has 0 unspecified atom stereocenters. The van der Waals surface area contributed by atoms with E-state index in [-0.39, 0.29) is 5.25 Å². The Balaban J connectivity index is 1.41. The molecule has 4 aliphatic carbocycles. The minimum Gasteiger partial charge on any atom is -0.374 e. The Morgan fingerprint density at radius 1 is 1.00 bits per heavy atom. The highest BCUT2D eigenvalue weighted by Gasteiger charge is 2.62. The van der Waals surface area contributed by atoms with Crippen molar-refractivity contribution >= 4 is 17.7 Å². The monoisotopic (exact) mass is 391 g/mol. The number of rotatable bonds is 3. The van der Waals surface area contributed by atoms with Crippen molar-refractivity contribution in [3.8, 4) is 0 Å². The first kappa shape index (κ1) is 18.8. The van der Waals surface area contributed by atoms with Crippen LogP contribution in [-0.4, -0.2) is 47.6 Å². The van der Waals surface area contributed by atoms with Gasteiger partial charge in [0, 0.05) is 13.1 Å². The summed E-state index contributed by atoms with van der Waals surface area (Å²) < 4.78 is 6.52. The van der Waals surface area contributed by atoms with E-state index in [0.717, 1.165) is 24.2 Å². The summed E-state index contributed by atoms with van der Waals surface area (Å²) in [6, 6.07) is 0.457. The highest BCUT2D eigenvalue weighted by molar-refractivity contribution is 7.99. The van der Waals surface area contributed by atoms with Crippen LogP contribution in [0.25, 0.3) is 0 Å². The smallest absolute Gasteiger partial charge is 0.235 e. The molecule has 152 valence electrons. The number of piperidine rings is 1. The van der Waals surface area contributed by atoms with Gasteiger partial charge in [0.05, 0.1) is 17.5 Å². The second-order valence-electron chi connectivity index (χ2n) is 10.8. The summed E-state index contributed by atoms with van der Waals surface area (Å²) in [6.45, 7) is 5.10. The van der Waals surface area contributed by atoms with Gasteiger partial charge in [-0.1, -0.05) is 13.8 Å². The third-order valence-corrected chi connectivity index (χ3v) is 10.6. The van der Waals surface area contributed by atoms with Crippen LogP contribution in [0.3, 0.4) is 0 Å². The number of carbonyl (C=O) groups is 1. The third kappa shape index (κ3) is 2.68. The Kier molecular flexibility index (Phi) is 4.44. The Bertz CT molecular complexity index is 621. The van der Waals surface area contributed by atoms with E-state index in [1.54, 1.807) is 11.8 Å². The standard InChI is InChI=1S/C23H37NO2S/c1-22-12-11-17-15(16(22)8-10-20(22)26-14-5-6-14)7-9-19-23(17,2)13-18(27-4)21(25)24(19)3/h14-20H,5-13H2,1-4H3/t15-,16-,17-,18+,19+,20-,22-,23+/m0/s1. The van der Waals surface area contributed by atoms with E-state index in [0.29, 0.717) is 35.0 Å².